The predicted molar refractivity (Wildman–Crippen MR) is 79.4 cm³/mol. The molecule has 0 aliphatic rings. The van der Waals surface area contributed by atoms with E-state index in [1.807, 2.05) is 24.3 Å². The van der Waals surface area contributed by atoms with E-state index < -0.39 is 0 Å². The van der Waals surface area contributed by atoms with Crippen molar-refractivity contribution < 1.29 is 9.47 Å². The second-order valence-corrected chi connectivity index (χ2v) is 4.29. The summed E-state index contributed by atoms with van der Waals surface area (Å²) in [6.45, 7) is 2.95. The van der Waals surface area contributed by atoms with Gasteiger partial charge in [-0.05, 0) is 24.6 Å². The number of hydrogen-bond acceptors (Lipinski definition) is 5. The first kappa shape index (κ1) is 14.1. The number of methoxy groups -OCH3 is 2. The summed E-state index contributed by atoms with van der Waals surface area (Å²) in [5.74, 6) is 2.10. The molecular weight excluding hydrogens is 254 g/mol. The molecule has 0 spiro atoms. The quantitative estimate of drug-likeness (QED) is 0.876. The molecule has 2 aromatic rings. The van der Waals surface area contributed by atoms with Crippen molar-refractivity contribution in [3.8, 4) is 22.8 Å². The topological polar surface area (TPSA) is 56.3 Å². The SMILES string of the molecule is CCCNc1nccc(-c2cc(OC)cc(OC)c2)n1. The molecule has 0 saturated carbocycles. The lowest BCUT2D eigenvalue weighted by Crippen LogP contribution is -2.04. The monoisotopic (exact) mass is 273 g/mol. The molecule has 0 aliphatic carbocycles. The average Bonchev–Trinajstić information content (AvgIpc) is 2.52. The van der Waals surface area contributed by atoms with Crippen molar-refractivity contribution in [3.05, 3.63) is 30.5 Å². The van der Waals surface area contributed by atoms with E-state index in [4.69, 9.17) is 9.47 Å². The van der Waals surface area contributed by atoms with Gasteiger partial charge in [-0.15, -0.1) is 0 Å². The normalized spacial score (nSPS) is 10.2. The number of aromatic nitrogens is 2. The zero-order valence-corrected chi connectivity index (χ0v) is 12.0. The molecule has 2 rings (SSSR count). The van der Waals surface area contributed by atoms with Crippen LogP contribution in [0.1, 0.15) is 13.3 Å². The first-order chi connectivity index (χ1) is 9.76. The Hall–Kier alpha value is -2.30. The molecule has 0 fully saturated rings. The molecule has 0 bridgehead atoms. The molecule has 1 aromatic heterocycles. The summed E-state index contributed by atoms with van der Waals surface area (Å²) in [4.78, 5) is 8.70. The highest BCUT2D eigenvalue weighted by atomic mass is 16.5. The van der Waals surface area contributed by atoms with Gasteiger partial charge in [-0.3, -0.25) is 0 Å². The van der Waals surface area contributed by atoms with Crippen molar-refractivity contribution >= 4 is 5.95 Å². The lowest BCUT2D eigenvalue weighted by molar-refractivity contribution is 0.394. The summed E-state index contributed by atoms with van der Waals surface area (Å²) < 4.78 is 10.5. The number of rotatable bonds is 6. The molecular formula is C15H19N3O2. The molecule has 5 nitrogen and oxygen atoms in total. The Morgan fingerprint density at radius 2 is 1.80 bits per heavy atom. The minimum absolute atomic E-state index is 0.631. The van der Waals surface area contributed by atoms with Crippen LogP contribution in [0.25, 0.3) is 11.3 Å². The van der Waals surface area contributed by atoms with E-state index in [1.54, 1.807) is 20.4 Å². The van der Waals surface area contributed by atoms with Crippen LogP contribution in [0.5, 0.6) is 11.5 Å². The molecule has 20 heavy (non-hydrogen) atoms. The van der Waals surface area contributed by atoms with Gasteiger partial charge >= 0.3 is 0 Å². The summed E-state index contributed by atoms with van der Waals surface area (Å²) in [6.07, 6.45) is 2.77. The average molecular weight is 273 g/mol. The lowest BCUT2D eigenvalue weighted by atomic mass is 10.1. The summed E-state index contributed by atoms with van der Waals surface area (Å²) in [5.41, 5.74) is 1.76. The minimum Gasteiger partial charge on any atom is -0.497 e. The zero-order chi connectivity index (χ0) is 14.4. The Labute approximate surface area is 119 Å². The Morgan fingerprint density at radius 3 is 2.40 bits per heavy atom. The molecule has 0 aliphatic heterocycles. The molecule has 0 radical (unpaired) electrons. The van der Waals surface area contributed by atoms with E-state index in [0.29, 0.717) is 5.95 Å². The number of hydrogen-bond donors (Lipinski definition) is 1. The van der Waals surface area contributed by atoms with Gasteiger partial charge in [0.25, 0.3) is 0 Å². The highest BCUT2D eigenvalue weighted by molar-refractivity contribution is 5.64. The van der Waals surface area contributed by atoms with E-state index in [9.17, 15) is 0 Å². The van der Waals surface area contributed by atoms with Crippen molar-refractivity contribution in [1.29, 1.82) is 0 Å². The van der Waals surface area contributed by atoms with Crippen LogP contribution in [0.4, 0.5) is 5.95 Å². The first-order valence-electron chi connectivity index (χ1n) is 6.57. The van der Waals surface area contributed by atoms with E-state index in [1.165, 1.54) is 0 Å². The predicted octanol–water partition coefficient (Wildman–Crippen LogP) is 2.98. The molecule has 0 saturated heterocycles. The number of benzene rings is 1. The van der Waals surface area contributed by atoms with E-state index in [-0.39, 0.29) is 0 Å². The number of anilines is 1. The van der Waals surface area contributed by atoms with Crippen LogP contribution in [-0.2, 0) is 0 Å². The second-order valence-electron chi connectivity index (χ2n) is 4.29. The maximum Gasteiger partial charge on any atom is 0.223 e. The van der Waals surface area contributed by atoms with Crippen LogP contribution in [0, 0.1) is 0 Å². The van der Waals surface area contributed by atoms with Crippen LogP contribution in [0.2, 0.25) is 0 Å². The molecule has 0 unspecified atom stereocenters. The third kappa shape index (κ3) is 3.38. The van der Waals surface area contributed by atoms with Crippen molar-refractivity contribution in [3.63, 3.8) is 0 Å². The van der Waals surface area contributed by atoms with Gasteiger partial charge in [-0.25, -0.2) is 9.97 Å². The van der Waals surface area contributed by atoms with Gasteiger partial charge in [-0.2, -0.15) is 0 Å². The largest absolute Gasteiger partial charge is 0.497 e. The Kier molecular flexibility index (Phi) is 4.76. The highest BCUT2D eigenvalue weighted by Crippen LogP contribution is 2.28. The fourth-order valence-electron chi connectivity index (χ4n) is 1.80. The van der Waals surface area contributed by atoms with Gasteiger partial charge in [0, 0.05) is 24.4 Å². The minimum atomic E-state index is 0.631. The van der Waals surface area contributed by atoms with Crippen molar-refractivity contribution in [2.45, 2.75) is 13.3 Å². The van der Waals surface area contributed by atoms with Crippen molar-refractivity contribution in [2.75, 3.05) is 26.1 Å². The van der Waals surface area contributed by atoms with Crippen LogP contribution in [-0.4, -0.2) is 30.7 Å². The highest BCUT2D eigenvalue weighted by Gasteiger charge is 2.06. The van der Waals surface area contributed by atoms with Crippen LogP contribution in [0.15, 0.2) is 30.5 Å². The van der Waals surface area contributed by atoms with Gasteiger partial charge in [0.05, 0.1) is 19.9 Å². The molecule has 1 heterocycles. The van der Waals surface area contributed by atoms with Crippen molar-refractivity contribution in [2.24, 2.45) is 0 Å². The number of nitrogens with one attached hydrogen (secondary N) is 1. The van der Waals surface area contributed by atoms with Gasteiger partial charge in [0.2, 0.25) is 5.95 Å². The van der Waals surface area contributed by atoms with Gasteiger partial charge in [-0.1, -0.05) is 6.92 Å². The van der Waals surface area contributed by atoms with Crippen LogP contribution in [0.3, 0.4) is 0 Å². The number of ether oxygens (including phenoxy) is 2. The van der Waals surface area contributed by atoms with Crippen LogP contribution >= 0.6 is 0 Å². The number of nitrogens with zero attached hydrogens (tertiary/aromatic N) is 2. The maximum absolute atomic E-state index is 5.27. The van der Waals surface area contributed by atoms with Gasteiger partial charge in [0.15, 0.2) is 0 Å². The molecule has 0 atom stereocenters. The third-order valence-corrected chi connectivity index (χ3v) is 2.84. The molecule has 1 N–H and O–H groups in total. The fraction of sp³-hybridized carbons (Fsp3) is 0.333. The Morgan fingerprint density at radius 1 is 1.10 bits per heavy atom. The Bertz CT molecular complexity index is 551. The smallest absolute Gasteiger partial charge is 0.223 e. The molecule has 5 heteroatoms. The van der Waals surface area contributed by atoms with E-state index >= 15 is 0 Å². The standard InChI is InChI=1S/C15H19N3O2/c1-4-6-16-15-17-7-5-14(18-15)11-8-12(19-2)10-13(9-11)20-3/h5,7-10H,4,6H2,1-3H3,(H,16,17,18). The summed E-state index contributed by atoms with van der Waals surface area (Å²) in [7, 11) is 3.26. The van der Waals surface area contributed by atoms with Gasteiger partial charge in [0.1, 0.15) is 11.5 Å². The third-order valence-electron chi connectivity index (χ3n) is 2.84. The second kappa shape index (κ2) is 6.75. The van der Waals surface area contributed by atoms with E-state index in [2.05, 4.69) is 22.2 Å². The zero-order valence-electron chi connectivity index (χ0n) is 12.0. The molecule has 0 amide bonds. The van der Waals surface area contributed by atoms with E-state index in [0.717, 1.165) is 35.7 Å². The summed E-state index contributed by atoms with van der Waals surface area (Å²) in [5, 5.41) is 3.18. The Balaban J connectivity index is 2.34. The van der Waals surface area contributed by atoms with Crippen LogP contribution < -0.4 is 14.8 Å². The molecule has 1 aromatic carbocycles. The molecule has 106 valence electrons. The summed E-state index contributed by atoms with van der Waals surface area (Å²) in [6, 6.07) is 7.55. The fourth-order valence-corrected chi connectivity index (χ4v) is 1.80. The maximum atomic E-state index is 5.27. The van der Waals surface area contributed by atoms with Crippen molar-refractivity contribution in [1.82, 2.24) is 9.97 Å². The first-order valence-corrected chi connectivity index (χ1v) is 6.57. The van der Waals surface area contributed by atoms with Gasteiger partial charge < -0.3 is 14.8 Å². The lowest BCUT2D eigenvalue weighted by Gasteiger charge is -2.09. The summed E-state index contributed by atoms with van der Waals surface area (Å²) >= 11 is 0.